The second kappa shape index (κ2) is 27.2. The van der Waals surface area contributed by atoms with Crippen LogP contribution in [0.2, 0.25) is 0 Å². The Balaban J connectivity index is 0.739. The molecule has 2 aromatic heterocycles. The highest BCUT2D eigenvalue weighted by Crippen LogP contribution is 2.33. The number of hydrogen-bond acceptors (Lipinski definition) is 20. The van der Waals surface area contributed by atoms with Gasteiger partial charge in [0.25, 0.3) is 45.4 Å². The van der Waals surface area contributed by atoms with Crippen molar-refractivity contribution in [2.24, 2.45) is 0 Å². The predicted molar refractivity (Wildman–Crippen MR) is 309 cm³/mol. The van der Waals surface area contributed by atoms with Crippen LogP contribution in [0.3, 0.4) is 0 Å². The van der Waals surface area contributed by atoms with Gasteiger partial charge in [0.05, 0.1) is 73.7 Å². The number of hydrogen-bond donors (Lipinski definition) is 6. The van der Waals surface area contributed by atoms with Gasteiger partial charge < -0.3 is 61.0 Å². The highest BCUT2D eigenvalue weighted by Gasteiger charge is 2.48. The fourth-order valence-corrected chi connectivity index (χ4v) is 10.6. The first-order valence-electron chi connectivity index (χ1n) is 28.2. The number of benzene rings is 2. The minimum atomic E-state index is -3.20. The molecule has 24 nitrogen and oxygen atoms in total. The summed E-state index contributed by atoms with van der Waals surface area (Å²) in [6, 6.07) is 13.6. The van der Waals surface area contributed by atoms with Crippen LogP contribution in [0.4, 0.5) is 40.3 Å². The number of carbonyl (C=O) groups excluding carboxylic acids is 4. The van der Waals surface area contributed by atoms with E-state index in [-0.39, 0.29) is 60.2 Å². The Labute approximate surface area is 488 Å². The highest BCUT2D eigenvalue weighted by atomic mass is 19.3. The van der Waals surface area contributed by atoms with Crippen LogP contribution in [0.15, 0.2) is 80.1 Å². The van der Waals surface area contributed by atoms with Crippen molar-refractivity contribution in [3.8, 4) is 23.6 Å². The van der Waals surface area contributed by atoms with Crippen LogP contribution >= 0.6 is 0 Å². The monoisotopic (exact) mass is 1190 g/mol. The number of rotatable bonds is 22. The maximum atomic E-state index is 13.9. The Morgan fingerprint density at radius 1 is 0.581 bits per heavy atom. The van der Waals surface area contributed by atoms with Crippen molar-refractivity contribution >= 4 is 68.2 Å². The first-order valence-corrected chi connectivity index (χ1v) is 28.2. The third kappa shape index (κ3) is 14.3. The largest absolute Gasteiger partial charge is 0.494 e. The smallest absolute Gasteiger partial charge is 0.268 e. The quantitative estimate of drug-likeness (QED) is 0.0322. The summed E-state index contributed by atoms with van der Waals surface area (Å²) in [7, 11) is 0. The Kier molecular flexibility index (Phi) is 19.4. The Morgan fingerprint density at radius 2 is 1.00 bits per heavy atom. The van der Waals surface area contributed by atoms with Gasteiger partial charge in [-0.2, -0.15) is 10.5 Å². The average molecular weight is 1190 g/mol. The number of halogens is 4. The van der Waals surface area contributed by atoms with Crippen LogP contribution < -0.4 is 72.9 Å². The van der Waals surface area contributed by atoms with Crippen molar-refractivity contribution in [1.82, 2.24) is 41.0 Å². The zero-order valence-electron chi connectivity index (χ0n) is 46.7. The number of nitrogens with one attached hydrogen (secondary N) is 6. The number of amides is 4. The molecule has 3 saturated heterocycles. The summed E-state index contributed by atoms with van der Waals surface area (Å²) in [5.41, 5.74) is -0.529. The average Bonchev–Trinajstić information content (AvgIpc) is 1.72. The van der Waals surface area contributed by atoms with Crippen molar-refractivity contribution < 1.29 is 46.2 Å². The van der Waals surface area contributed by atoms with Crippen LogP contribution in [0.5, 0.6) is 11.5 Å². The van der Waals surface area contributed by atoms with Gasteiger partial charge in [0.2, 0.25) is 11.8 Å². The number of alkyl halides is 4. The molecule has 0 bridgehead atoms. The normalized spacial score (nSPS) is 18.0. The number of fused-ring (bicyclic) bond motifs is 2. The third-order valence-corrected chi connectivity index (χ3v) is 15.1. The van der Waals surface area contributed by atoms with Gasteiger partial charge in [0.15, 0.2) is 0 Å². The van der Waals surface area contributed by atoms with Crippen molar-refractivity contribution in [3.05, 3.63) is 113 Å². The maximum absolute atomic E-state index is 13.9. The van der Waals surface area contributed by atoms with E-state index in [0.29, 0.717) is 111 Å². The van der Waals surface area contributed by atoms with Gasteiger partial charge in [-0.25, -0.2) is 17.6 Å². The van der Waals surface area contributed by atoms with Crippen molar-refractivity contribution in [2.75, 3.05) is 125 Å². The van der Waals surface area contributed by atoms with Crippen LogP contribution in [0.25, 0.3) is 21.8 Å². The van der Waals surface area contributed by atoms with Gasteiger partial charge >= 0.3 is 0 Å². The molecule has 452 valence electrons. The van der Waals surface area contributed by atoms with E-state index in [1.165, 1.54) is 24.5 Å². The number of aromatic nitrogens is 2. The zero-order valence-corrected chi connectivity index (χ0v) is 46.7. The van der Waals surface area contributed by atoms with Crippen LogP contribution in [-0.4, -0.2) is 172 Å². The number of nitriles is 2. The number of nitrogens with zero attached hydrogens (tertiary/aromatic N) is 8. The summed E-state index contributed by atoms with van der Waals surface area (Å²) in [5.74, 6) is -8.49. The standard InChI is InChI=1S/C58H62F4N14O10/c59-57(60)27-35(29-63)75(33-57)45(77)31-71-55(83)39-9-13-67-43-7-5-37(25-41(39)43)85-23-3-1-11-69-47-49(53(81)51(47)79)73-19-17-65-15-16-66-18-20-74(22-21-73)50-48(52(80)54(50)82)70-12-2-4-24-86-38-6-8-44-42(26-38)40(10-14-68-44)56(84)72-32-46(78)76-34-58(61,62)28-36(76)30-64/h5-10,13-14,25-26,35-36,65-66,69-70H,1-4,11-12,15-24,27-28,31-34H2,(H,71,83)(H,72,84)/t35-,36-/m0/s1. The number of carbonyl (C=O) groups is 4. The summed E-state index contributed by atoms with van der Waals surface area (Å²) in [4.78, 5) is 118. The van der Waals surface area contributed by atoms with Gasteiger partial charge in [0, 0.05) is 101 Å². The molecular weight excluding hydrogens is 1130 g/mol. The highest BCUT2D eigenvalue weighted by molar-refractivity contribution is 6.08. The molecule has 5 heterocycles. The molecular formula is C58H62F4N14O10. The molecule has 3 fully saturated rings. The first kappa shape index (κ1) is 61.3. The van der Waals surface area contributed by atoms with Gasteiger partial charge in [-0.15, -0.1) is 0 Å². The van der Waals surface area contributed by atoms with Gasteiger partial charge in [-0.1, -0.05) is 0 Å². The minimum Gasteiger partial charge on any atom is -0.494 e. The number of anilines is 4. The van der Waals surface area contributed by atoms with E-state index < -0.39 is 108 Å². The lowest BCUT2D eigenvalue weighted by molar-refractivity contribution is -0.132. The number of unbranched alkanes of at least 4 members (excludes halogenated alkanes) is 2. The summed E-state index contributed by atoms with van der Waals surface area (Å²) in [6.45, 7) is 1.49. The number of likely N-dealkylation sites (tertiary alicyclic amines) is 2. The predicted octanol–water partition coefficient (Wildman–Crippen LogP) is 2.00. The van der Waals surface area contributed by atoms with Crippen LogP contribution in [0.1, 0.15) is 59.2 Å². The Morgan fingerprint density at radius 3 is 1.41 bits per heavy atom. The van der Waals surface area contributed by atoms with Crippen LogP contribution in [0, 0.1) is 22.7 Å². The van der Waals surface area contributed by atoms with E-state index in [1.807, 2.05) is 9.80 Å². The molecule has 4 amide bonds. The van der Waals surface area contributed by atoms with E-state index in [0.717, 1.165) is 9.80 Å². The molecule has 0 radical (unpaired) electrons. The molecule has 9 rings (SSSR count). The summed E-state index contributed by atoms with van der Waals surface area (Å²) in [5, 5.41) is 37.2. The molecule has 2 atom stereocenters. The second-order valence-corrected chi connectivity index (χ2v) is 21.1. The van der Waals surface area contributed by atoms with Gasteiger partial charge in [-0.05, 0) is 74.2 Å². The van der Waals surface area contributed by atoms with Crippen molar-refractivity contribution in [1.29, 1.82) is 10.5 Å². The molecule has 6 aromatic rings. The van der Waals surface area contributed by atoms with E-state index in [9.17, 15) is 66.4 Å². The molecule has 0 spiro atoms. The first-order chi connectivity index (χ1) is 41.4. The zero-order chi connectivity index (χ0) is 61.1. The molecule has 4 aromatic carbocycles. The Bertz CT molecular complexity index is 3500. The lowest BCUT2D eigenvalue weighted by atomic mass is 10.1. The van der Waals surface area contributed by atoms with Crippen LogP contribution in [-0.2, 0) is 9.59 Å². The molecule has 3 aliphatic rings. The fraction of sp³-hybridized carbons (Fsp3) is 0.448. The molecule has 3 aliphatic heterocycles. The fourth-order valence-electron chi connectivity index (χ4n) is 10.6. The lowest BCUT2D eigenvalue weighted by Crippen LogP contribution is -2.51. The molecule has 0 aliphatic carbocycles. The van der Waals surface area contributed by atoms with Crippen molar-refractivity contribution in [2.45, 2.75) is 62.5 Å². The number of ether oxygens (including phenoxy) is 2. The molecule has 86 heavy (non-hydrogen) atoms. The molecule has 6 N–H and O–H groups in total. The molecule has 0 unspecified atom stereocenters. The van der Waals surface area contributed by atoms with E-state index in [4.69, 9.17) is 9.47 Å². The molecule has 28 heteroatoms. The maximum Gasteiger partial charge on any atom is 0.268 e. The van der Waals surface area contributed by atoms with Crippen molar-refractivity contribution in [3.63, 3.8) is 0 Å². The minimum absolute atomic E-state index is 0.164. The topological polar surface area (TPSA) is 314 Å². The lowest BCUT2D eigenvalue weighted by Gasteiger charge is -2.33. The Hall–Kier alpha value is -9.28. The second-order valence-electron chi connectivity index (χ2n) is 21.1. The summed E-state index contributed by atoms with van der Waals surface area (Å²) >= 11 is 0. The van der Waals surface area contributed by atoms with E-state index >= 15 is 0 Å². The third-order valence-electron chi connectivity index (χ3n) is 15.1. The van der Waals surface area contributed by atoms with E-state index in [2.05, 4.69) is 41.9 Å². The van der Waals surface area contributed by atoms with Gasteiger partial charge in [0.1, 0.15) is 46.3 Å². The number of pyridine rings is 2. The summed E-state index contributed by atoms with van der Waals surface area (Å²) < 4.78 is 67.7. The summed E-state index contributed by atoms with van der Waals surface area (Å²) in [6.07, 6.45) is 3.38. The SMILES string of the molecule is N#C[C@@H]1CC(F)(F)CN1C(=O)CNC(=O)c1ccnc2ccc(OCCCCNc3c(N4CCNCCNCCN(c5c(NCCCCOc6ccc7nccc(C(=O)NCC(=O)N8CC(F)(F)C[C@H]8C#N)c7c6)c(=O)c5=O)CC4)c(=O)c3=O)cc12. The molecule has 0 saturated carbocycles. The van der Waals surface area contributed by atoms with E-state index in [1.54, 1.807) is 48.5 Å². The van der Waals surface area contributed by atoms with Gasteiger partial charge in [-0.3, -0.25) is 48.3 Å².